The van der Waals surface area contributed by atoms with Gasteiger partial charge < -0.3 is 10.6 Å². The van der Waals surface area contributed by atoms with Crippen molar-refractivity contribution < 1.29 is 4.79 Å². The zero-order chi connectivity index (χ0) is 11.2. The number of hydrogen-bond acceptors (Lipinski definition) is 3. The maximum atomic E-state index is 11.5. The van der Waals surface area contributed by atoms with E-state index in [1.807, 2.05) is 11.4 Å². The number of carbonyl (C=O) groups excluding carboxylic acids is 1. The molecule has 0 bridgehead atoms. The van der Waals surface area contributed by atoms with Crippen LogP contribution in [-0.4, -0.2) is 18.5 Å². The van der Waals surface area contributed by atoms with Crippen LogP contribution in [0.4, 0.5) is 0 Å². The van der Waals surface area contributed by atoms with Crippen LogP contribution < -0.4 is 10.6 Å². The molecule has 0 aromatic carbocycles. The van der Waals surface area contributed by atoms with Gasteiger partial charge in [0.2, 0.25) is 5.91 Å². The summed E-state index contributed by atoms with van der Waals surface area (Å²) in [5.41, 5.74) is 1.18. The quantitative estimate of drug-likeness (QED) is 0.822. The summed E-state index contributed by atoms with van der Waals surface area (Å²) in [6.07, 6.45) is 5.04. The molecule has 1 aliphatic rings. The molecule has 0 aliphatic heterocycles. The van der Waals surface area contributed by atoms with Crippen molar-refractivity contribution in [1.82, 2.24) is 10.6 Å². The summed E-state index contributed by atoms with van der Waals surface area (Å²) in [4.78, 5) is 11.5. The molecule has 4 heteroatoms. The smallest absolute Gasteiger partial charge is 0.234 e. The number of hydrogen-bond donors (Lipinski definition) is 2. The first-order valence-electron chi connectivity index (χ1n) is 5.86. The van der Waals surface area contributed by atoms with Crippen LogP contribution in [0.15, 0.2) is 16.8 Å². The molecule has 1 aromatic heterocycles. The van der Waals surface area contributed by atoms with Crippen molar-refractivity contribution in [1.29, 1.82) is 0 Å². The predicted octanol–water partition coefficient (Wildman–Crippen LogP) is 1.90. The molecule has 1 aliphatic carbocycles. The second-order valence-corrected chi connectivity index (χ2v) is 5.05. The fraction of sp³-hybridized carbons (Fsp3) is 0.583. The Morgan fingerprint density at radius 3 is 2.94 bits per heavy atom. The minimum atomic E-state index is 0.0955. The third kappa shape index (κ3) is 3.61. The van der Waals surface area contributed by atoms with Gasteiger partial charge in [0.15, 0.2) is 0 Å². The van der Waals surface area contributed by atoms with Crippen molar-refractivity contribution in [2.45, 2.75) is 38.3 Å². The molecule has 16 heavy (non-hydrogen) atoms. The minimum Gasteiger partial charge on any atom is -0.351 e. The van der Waals surface area contributed by atoms with E-state index in [0.717, 1.165) is 0 Å². The molecule has 0 spiro atoms. The first kappa shape index (κ1) is 11.6. The molecule has 1 saturated carbocycles. The van der Waals surface area contributed by atoms with Gasteiger partial charge in [-0.3, -0.25) is 4.79 Å². The van der Waals surface area contributed by atoms with Crippen LogP contribution in [0.1, 0.15) is 31.2 Å². The molecular formula is C12H18N2OS. The van der Waals surface area contributed by atoms with E-state index in [0.29, 0.717) is 19.1 Å². The summed E-state index contributed by atoms with van der Waals surface area (Å²) < 4.78 is 0. The second-order valence-electron chi connectivity index (χ2n) is 4.27. The topological polar surface area (TPSA) is 41.1 Å². The molecule has 3 nitrogen and oxygen atoms in total. The van der Waals surface area contributed by atoms with E-state index >= 15 is 0 Å². The summed E-state index contributed by atoms with van der Waals surface area (Å²) in [7, 11) is 0. The van der Waals surface area contributed by atoms with Crippen molar-refractivity contribution in [3.05, 3.63) is 22.4 Å². The molecule has 1 amide bonds. The zero-order valence-corrected chi connectivity index (χ0v) is 10.2. The van der Waals surface area contributed by atoms with Gasteiger partial charge in [-0.05, 0) is 35.2 Å². The van der Waals surface area contributed by atoms with Crippen LogP contribution in [0.2, 0.25) is 0 Å². The van der Waals surface area contributed by atoms with Gasteiger partial charge in [0, 0.05) is 12.6 Å². The summed E-state index contributed by atoms with van der Waals surface area (Å²) in [5.74, 6) is 0.0955. The number of rotatable bonds is 5. The van der Waals surface area contributed by atoms with E-state index in [1.54, 1.807) is 11.3 Å². The minimum absolute atomic E-state index is 0.0955. The normalized spacial score (nSPS) is 16.5. The third-order valence-corrected chi connectivity index (χ3v) is 3.71. The van der Waals surface area contributed by atoms with Crippen molar-refractivity contribution in [2.24, 2.45) is 0 Å². The lowest BCUT2D eigenvalue weighted by atomic mass is 10.2. The molecular weight excluding hydrogens is 220 g/mol. The van der Waals surface area contributed by atoms with E-state index in [-0.39, 0.29) is 5.91 Å². The predicted molar refractivity (Wildman–Crippen MR) is 66.4 cm³/mol. The molecule has 1 aromatic rings. The maximum Gasteiger partial charge on any atom is 0.234 e. The van der Waals surface area contributed by atoms with Crippen LogP contribution in [0.3, 0.4) is 0 Å². The Kier molecular flexibility index (Phi) is 4.36. The first-order chi connectivity index (χ1) is 7.84. The monoisotopic (exact) mass is 238 g/mol. The average molecular weight is 238 g/mol. The van der Waals surface area contributed by atoms with Gasteiger partial charge >= 0.3 is 0 Å². The van der Waals surface area contributed by atoms with Crippen molar-refractivity contribution in [2.75, 3.05) is 6.54 Å². The summed E-state index contributed by atoms with van der Waals surface area (Å²) >= 11 is 1.66. The van der Waals surface area contributed by atoms with Crippen molar-refractivity contribution >= 4 is 17.2 Å². The number of nitrogens with one attached hydrogen (secondary N) is 2. The molecule has 2 rings (SSSR count). The summed E-state index contributed by atoms with van der Waals surface area (Å²) in [6, 6.07) is 2.60. The largest absolute Gasteiger partial charge is 0.351 e. The molecule has 0 unspecified atom stereocenters. The molecule has 1 fully saturated rings. The molecule has 0 atom stereocenters. The van der Waals surface area contributed by atoms with Gasteiger partial charge in [0.05, 0.1) is 6.54 Å². The Balaban J connectivity index is 1.60. The average Bonchev–Trinajstić information content (AvgIpc) is 2.96. The van der Waals surface area contributed by atoms with Gasteiger partial charge in [0.25, 0.3) is 0 Å². The fourth-order valence-electron chi connectivity index (χ4n) is 2.02. The highest BCUT2D eigenvalue weighted by atomic mass is 32.1. The van der Waals surface area contributed by atoms with Crippen molar-refractivity contribution in [3.63, 3.8) is 0 Å². The van der Waals surface area contributed by atoms with E-state index in [9.17, 15) is 4.79 Å². The lowest BCUT2D eigenvalue weighted by Crippen LogP contribution is -2.37. The van der Waals surface area contributed by atoms with Gasteiger partial charge in [-0.25, -0.2) is 0 Å². The highest BCUT2D eigenvalue weighted by Gasteiger charge is 2.14. The van der Waals surface area contributed by atoms with E-state index in [4.69, 9.17) is 0 Å². The zero-order valence-electron chi connectivity index (χ0n) is 9.37. The molecule has 0 radical (unpaired) electrons. The van der Waals surface area contributed by atoms with Crippen LogP contribution in [0.5, 0.6) is 0 Å². The van der Waals surface area contributed by atoms with Crippen LogP contribution >= 0.6 is 11.3 Å². The maximum absolute atomic E-state index is 11.5. The molecule has 0 saturated heterocycles. The highest BCUT2D eigenvalue weighted by Crippen LogP contribution is 2.17. The van der Waals surface area contributed by atoms with Crippen LogP contribution in [0.25, 0.3) is 0 Å². The van der Waals surface area contributed by atoms with E-state index < -0.39 is 0 Å². The Morgan fingerprint density at radius 1 is 1.44 bits per heavy atom. The summed E-state index contributed by atoms with van der Waals surface area (Å²) in [6.45, 7) is 1.10. The van der Waals surface area contributed by atoms with Crippen LogP contribution in [-0.2, 0) is 11.3 Å². The summed E-state index contributed by atoms with van der Waals surface area (Å²) in [5, 5.41) is 10.3. The van der Waals surface area contributed by atoms with Gasteiger partial charge in [-0.15, -0.1) is 0 Å². The van der Waals surface area contributed by atoms with E-state index in [2.05, 4.69) is 16.0 Å². The van der Waals surface area contributed by atoms with Gasteiger partial charge in [-0.2, -0.15) is 11.3 Å². The van der Waals surface area contributed by atoms with Gasteiger partial charge in [-0.1, -0.05) is 12.8 Å². The Labute approximate surface area is 100 Å². The molecule has 1 heterocycles. The highest BCUT2D eigenvalue weighted by molar-refractivity contribution is 7.07. The molecule has 2 N–H and O–H groups in total. The lowest BCUT2D eigenvalue weighted by molar-refractivity contribution is -0.120. The van der Waals surface area contributed by atoms with Gasteiger partial charge in [0.1, 0.15) is 0 Å². The number of amides is 1. The number of thiophene rings is 1. The second kappa shape index (κ2) is 6.01. The SMILES string of the molecule is O=C(CNC1CCCC1)NCc1ccsc1. The first-order valence-corrected chi connectivity index (χ1v) is 6.80. The van der Waals surface area contributed by atoms with Crippen molar-refractivity contribution in [3.8, 4) is 0 Å². The Morgan fingerprint density at radius 2 is 2.25 bits per heavy atom. The third-order valence-electron chi connectivity index (χ3n) is 2.98. The standard InChI is InChI=1S/C12H18N2OS/c15-12(8-13-11-3-1-2-4-11)14-7-10-5-6-16-9-10/h5-6,9,11,13H,1-4,7-8H2,(H,14,15). The van der Waals surface area contributed by atoms with Crippen LogP contribution in [0, 0.1) is 0 Å². The van der Waals surface area contributed by atoms with E-state index in [1.165, 1.54) is 31.2 Å². The Bertz CT molecular complexity index is 318. The lowest BCUT2D eigenvalue weighted by Gasteiger charge is -2.11. The fourth-order valence-corrected chi connectivity index (χ4v) is 2.69. The number of carbonyl (C=O) groups is 1. The Hall–Kier alpha value is -0.870. The molecule has 88 valence electrons.